The van der Waals surface area contributed by atoms with Gasteiger partial charge in [-0.2, -0.15) is 0 Å². The molecule has 3 aliphatic heterocycles. The van der Waals surface area contributed by atoms with Gasteiger partial charge in [-0.1, -0.05) is 27.6 Å². The van der Waals surface area contributed by atoms with Gasteiger partial charge in [-0.25, -0.2) is 4.98 Å². The molecule has 0 spiro atoms. The lowest BCUT2D eigenvalue weighted by atomic mass is 10.1. The van der Waals surface area contributed by atoms with Crippen LogP contribution >= 0.6 is 19.9 Å². The molecule has 1 saturated heterocycles. The number of piperazine rings is 1. The number of thiazole rings is 1. The summed E-state index contributed by atoms with van der Waals surface area (Å²) in [6.45, 7) is 9.70. The van der Waals surface area contributed by atoms with E-state index in [0.29, 0.717) is 8.58 Å². The zero-order valence-electron chi connectivity index (χ0n) is 17.5. The van der Waals surface area contributed by atoms with Crippen molar-refractivity contribution >= 4 is 41.4 Å². The molecule has 3 aliphatic rings. The molecule has 0 bridgehead atoms. The fourth-order valence-corrected chi connectivity index (χ4v) is 6.62. The minimum atomic E-state index is 0.0841. The minimum Gasteiger partial charge on any atom is -0.368 e. The van der Waals surface area contributed by atoms with Gasteiger partial charge in [-0.3, -0.25) is 9.69 Å². The normalized spacial score (nSPS) is 23.1. The van der Waals surface area contributed by atoms with Gasteiger partial charge in [0.05, 0.1) is 26.7 Å². The van der Waals surface area contributed by atoms with E-state index in [0.717, 1.165) is 47.6 Å². The molecule has 5 rings (SSSR count). The maximum absolute atomic E-state index is 13.0. The number of aryl methyl sites for hydroxylation is 1. The molecule has 4 heterocycles. The van der Waals surface area contributed by atoms with E-state index in [2.05, 4.69) is 58.3 Å². The molecule has 0 saturated carbocycles. The molecule has 156 valence electrons. The predicted molar refractivity (Wildman–Crippen MR) is 127 cm³/mol. The van der Waals surface area contributed by atoms with E-state index in [1.54, 1.807) is 11.3 Å². The number of carbonyl (C=O) groups is 1. The molecule has 1 aromatic heterocycles. The summed E-state index contributed by atoms with van der Waals surface area (Å²) in [5.74, 6) is 0.210. The summed E-state index contributed by atoms with van der Waals surface area (Å²) < 4.78 is 1.19. The average Bonchev–Trinajstić information content (AvgIpc) is 3.13. The van der Waals surface area contributed by atoms with Gasteiger partial charge in [-0.05, 0) is 49.0 Å². The second-order valence-corrected chi connectivity index (χ2v) is 10.7. The molecule has 0 N–H and O–H groups in total. The zero-order valence-corrected chi connectivity index (χ0v) is 19.3. The number of rotatable bonds is 4. The van der Waals surface area contributed by atoms with E-state index in [4.69, 9.17) is 0 Å². The Kier molecular flexibility index (Phi) is 5.48. The summed E-state index contributed by atoms with van der Waals surface area (Å²) in [4.78, 5) is 24.4. The number of allylic oxidation sites excluding steroid dienone is 1. The van der Waals surface area contributed by atoms with Gasteiger partial charge in [0, 0.05) is 38.5 Å². The number of amides is 1. The van der Waals surface area contributed by atoms with Crippen LogP contribution in [0.1, 0.15) is 23.9 Å². The summed E-state index contributed by atoms with van der Waals surface area (Å²) in [5, 5.41) is 2.22. The second-order valence-electron chi connectivity index (χ2n) is 8.05. The Labute approximate surface area is 183 Å². The lowest BCUT2D eigenvalue weighted by molar-refractivity contribution is -0.123. The van der Waals surface area contributed by atoms with E-state index in [1.807, 2.05) is 17.9 Å². The van der Waals surface area contributed by atoms with Crippen molar-refractivity contribution in [1.29, 1.82) is 0 Å². The average molecular weight is 439 g/mol. The fourth-order valence-electron chi connectivity index (χ4n) is 4.37. The van der Waals surface area contributed by atoms with E-state index < -0.39 is 0 Å². The summed E-state index contributed by atoms with van der Waals surface area (Å²) >= 11 is 1.71. The lowest BCUT2D eigenvalue weighted by Crippen LogP contribution is -2.47. The van der Waals surface area contributed by atoms with Crippen molar-refractivity contribution in [3.05, 3.63) is 58.9 Å². The Morgan fingerprint density at radius 3 is 2.87 bits per heavy atom. The monoisotopic (exact) mass is 438 g/mol. The van der Waals surface area contributed by atoms with E-state index in [1.165, 1.54) is 23.4 Å². The van der Waals surface area contributed by atoms with Crippen LogP contribution in [0.4, 0.5) is 0 Å². The van der Waals surface area contributed by atoms with E-state index >= 15 is 0 Å². The van der Waals surface area contributed by atoms with Crippen molar-refractivity contribution in [2.75, 3.05) is 32.7 Å². The van der Waals surface area contributed by atoms with Crippen LogP contribution in [0.2, 0.25) is 0 Å². The van der Waals surface area contributed by atoms with E-state index in [9.17, 15) is 4.79 Å². The minimum absolute atomic E-state index is 0.0841. The van der Waals surface area contributed by atoms with E-state index in [-0.39, 0.29) is 11.7 Å². The molecule has 1 fully saturated rings. The Morgan fingerprint density at radius 1 is 1.23 bits per heavy atom. The topological polar surface area (TPSA) is 39.7 Å². The molecule has 5 nitrogen and oxygen atoms in total. The Morgan fingerprint density at radius 2 is 2.07 bits per heavy atom. The Balaban J connectivity index is 1.33. The fraction of sp³-hybridized carbons (Fsp3) is 0.391. The van der Waals surface area contributed by atoms with Crippen LogP contribution in [0.25, 0.3) is 15.5 Å². The van der Waals surface area contributed by atoms with Gasteiger partial charge in [0.25, 0.3) is 5.91 Å². The predicted octanol–water partition coefficient (Wildman–Crippen LogP) is 4.23. The number of hydrogen-bond acceptors (Lipinski definition) is 5. The van der Waals surface area contributed by atoms with Gasteiger partial charge in [0.2, 0.25) is 0 Å². The van der Waals surface area contributed by atoms with Crippen molar-refractivity contribution in [3.8, 4) is 0 Å². The van der Waals surface area contributed by atoms with Crippen LogP contribution in [0, 0.1) is 6.92 Å². The van der Waals surface area contributed by atoms with Gasteiger partial charge in [-0.15, -0.1) is 11.3 Å². The second kappa shape index (κ2) is 8.26. The third-order valence-corrected chi connectivity index (χ3v) is 8.37. The number of carbonyl (C=O) groups excluding carboxylic acids is 1. The molecule has 2 aromatic rings. The SMILES string of the molecule is CCCN1CCN(C2=CN3C(=O)C=C(c4ccc5nc(C)sc5c4)PC3C=C2)CC1. The first kappa shape index (κ1) is 19.9. The molecule has 1 aromatic carbocycles. The number of nitrogens with zero attached hydrogens (tertiary/aromatic N) is 4. The molecule has 2 unspecified atom stereocenters. The first-order chi connectivity index (χ1) is 14.6. The first-order valence-corrected chi connectivity index (χ1v) is 12.6. The van der Waals surface area contributed by atoms with Crippen molar-refractivity contribution in [2.45, 2.75) is 26.1 Å². The van der Waals surface area contributed by atoms with Crippen LogP contribution in [-0.2, 0) is 4.79 Å². The standard InChI is InChI=1S/C23H27N4OPS/c1-3-8-25-9-11-26(12-10-25)18-5-7-23-27(15-18)22(28)14-20(29-23)17-4-6-19-21(13-17)30-16(2)24-19/h4-7,13-15,23,29H,3,8-12H2,1-2H3. The highest BCUT2D eigenvalue weighted by Gasteiger charge is 2.30. The molecular formula is C23H27N4OPS. The maximum Gasteiger partial charge on any atom is 0.252 e. The summed E-state index contributed by atoms with van der Waals surface area (Å²) in [6, 6.07) is 6.36. The molecule has 7 heteroatoms. The first-order valence-electron chi connectivity index (χ1n) is 10.7. The zero-order chi connectivity index (χ0) is 20.7. The summed E-state index contributed by atoms with van der Waals surface area (Å²) in [7, 11) is 0.551. The van der Waals surface area contributed by atoms with Gasteiger partial charge >= 0.3 is 0 Å². The van der Waals surface area contributed by atoms with Crippen LogP contribution in [0.5, 0.6) is 0 Å². The largest absolute Gasteiger partial charge is 0.368 e. The highest BCUT2D eigenvalue weighted by molar-refractivity contribution is 7.51. The third-order valence-electron chi connectivity index (χ3n) is 5.93. The molecule has 30 heavy (non-hydrogen) atoms. The molecule has 0 radical (unpaired) electrons. The van der Waals surface area contributed by atoms with Crippen molar-refractivity contribution in [2.24, 2.45) is 0 Å². The Bertz CT molecular complexity index is 1060. The maximum atomic E-state index is 13.0. The lowest BCUT2D eigenvalue weighted by Gasteiger charge is -2.40. The highest BCUT2D eigenvalue weighted by Crippen LogP contribution is 2.45. The van der Waals surface area contributed by atoms with Gasteiger partial charge < -0.3 is 9.80 Å². The van der Waals surface area contributed by atoms with Crippen LogP contribution in [-0.4, -0.2) is 64.1 Å². The summed E-state index contributed by atoms with van der Waals surface area (Å²) in [5.41, 5.74) is 3.35. The molecule has 1 amide bonds. The number of aromatic nitrogens is 1. The molecule has 0 aliphatic carbocycles. The van der Waals surface area contributed by atoms with Gasteiger partial charge in [0.1, 0.15) is 0 Å². The number of benzene rings is 1. The van der Waals surface area contributed by atoms with Crippen molar-refractivity contribution < 1.29 is 4.79 Å². The Hall–Kier alpha value is -2.01. The smallest absolute Gasteiger partial charge is 0.252 e. The number of fused-ring (bicyclic) bond motifs is 2. The van der Waals surface area contributed by atoms with Gasteiger partial charge in [0.15, 0.2) is 0 Å². The molecule has 2 atom stereocenters. The third kappa shape index (κ3) is 3.84. The highest BCUT2D eigenvalue weighted by atomic mass is 32.1. The van der Waals surface area contributed by atoms with Crippen molar-refractivity contribution in [3.63, 3.8) is 0 Å². The quantitative estimate of drug-likeness (QED) is 0.670. The number of hydrogen-bond donors (Lipinski definition) is 0. The van der Waals surface area contributed by atoms with Crippen molar-refractivity contribution in [1.82, 2.24) is 19.7 Å². The van der Waals surface area contributed by atoms with Crippen LogP contribution in [0.3, 0.4) is 0 Å². The van der Waals surface area contributed by atoms with Crippen LogP contribution in [0.15, 0.2) is 48.3 Å². The van der Waals surface area contributed by atoms with Crippen LogP contribution < -0.4 is 0 Å². The molecular weight excluding hydrogens is 411 g/mol. The summed E-state index contributed by atoms with van der Waals surface area (Å²) in [6.07, 6.45) is 9.54.